The van der Waals surface area contributed by atoms with Crippen LogP contribution in [0.5, 0.6) is 5.75 Å². The lowest BCUT2D eigenvalue weighted by Crippen LogP contribution is -2.23. The van der Waals surface area contributed by atoms with E-state index in [1.807, 2.05) is 141 Å². The number of nitrogens with zero attached hydrogens (tertiary/aromatic N) is 3. The number of pyridine rings is 1. The van der Waals surface area contributed by atoms with E-state index in [0.29, 0.717) is 42.2 Å². The second kappa shape index (κ2) is 27.1. The lowest BCUT2D eigenvalue weighted by molar-refractivity contribution is -0.109. The molecule has 8 heteroatoms. The molecule has 0 fully saturated rings. The molecule has 0 unspecified atom stereocenters. The third-order valence-electron chi connectivity index (χ3n) is 5.34. The van der Waals surface area contributed by atoms with Gasteiger partial charge in [-0.1, -0.05) is 127 Å². The monoisotopic (exact) mass is 610 g/mol. The highest BCUT2D eigenvalue weighted by atomic mass is 32.1. The van der Waals surface area contributed by atoms with Crippen molar-refractivity contribution in [2.75, 3.05) is 6.54 Å². The zero-order valence-corrected chi connectivity index (χ0v) is 29.0. The molecule has 0 aliphatic carbocycles. The SMILES string of the molecule is CC.CC.CC.CC.C\C=C/C=C\C(=C/C)Cc1nnc(-c2cn(CCNC=O)c(C)c(OCc3ccccc3)c2=O)s1. The summed E-state index contributed by atoms with van der Waals surface area (Å²) >= 11 is 1.39. The molecule has 2 heterocycles. The fourth-order valence-corrected chi connectivity index (χ4v) is 4.29. The van der Waals surface area contributed by atoms with Crippen molar-refractivity contribution in [3.63, 3.8) is 0 Å². The highest BCUT2D eigenvalue weighted by molar-refractivity contribution is 7.14. The molecule has 1 amide bonds. The van der Waals surface area contributed by atoms with Gasteiger partial charge in [-0.05, 0) is 31.9 Å². The zero-order valence-electron chi connectivity index (χ0n) is 28.2. The number of hydrogen-bond donors (Lipinski definition) is 1. The third-order valence-corrected chi connectivity index (χ3v) is 6.30. The van der Waals surface area contributed by atoms with Crippen LogP contribution >= 0.6 is 11.3 Å². The van der Waals surface area contributed by atoms with Gasteiger partial charge >= 0.3 is 0 Å². The predicted molar refractivity (Wildman–Crippen MR) is 186 cm³/mol. The smallest absolute Gasteiger partial charge is 0.233 e. The average molecular weight is 611 g/mol. The molecule has 3 rings (SSSR count). The van der Waals surface area contributed by atoms with Crippen LogP contribution in [-0.2, 0) is 24.4 Å². The maximum atomic E-state index is 13.5. The van der Waals surface area contributed by atoms with Crippen molar-refractivity contribution in [2.24, 2.45) is 0 Å². The van der Waals surface area contributed by atoms with Crippen LogP contribution in [0.1, 0.15) is 85.5 Å². The Morgan fingerprint density at radius 1 is 0.977 bits per heavy atom. The van der Waals surface area contributed by atoms with Crippen LogP contribution in [0.3, 0.4) is 0 Å². The van der Waals surface area contributed by atoms with Gasteiger partial charge in [0.25, 0.3) is 0 Å². The van der Waals surface area contributed by atoms with Crippen LogP contribution in [-0.4, -0.2) is 27.7 Å². The molecule has 0 aliphatic rings. The summed E-state index contributed by atoms with van der Waals surface area (Å²) in [5, 5.41) is 12.7. The number of nitrogens with one attached hydrogen (secondary N) is 1. The molecule has 0 bridgehead atoms. The van der Waals surface area contributed by atoms with Crippen LogP contribution in [0.2, 0.25) is 0 Å². The lowest BCUT2D eigenvalue weighted by Gasteiger charge is -2.16. The normalized spacial score (nSPS) is 10.3. The van der Waals surface area contributed by atoms with Crippen molar-refractivity contribution in [1.82, 2.24) is 20.1 Å². The standard InChI is InChI=1S/C27H30N4O3S.4C2H6/c1-4-6-8-11-21(5-2)16-24-29-30-27(35-24)23-17-31(15-14-28-19-32)20(3)26(25(23)33)34-18-22-12-9-7-10-13-22;4*1-2/h4-13,17,19H,14-16,18H2,1-3H3,(H,28,32);4*1-2H3/b6-4-,11-8-,21-5+;;;;. The molecule has 1 N–H and O–H groups in total. The molecular formula is C35H54N4O3S. The molecule has 1 aromatic carbocycles. The number of aromatic nitrogens is 3. The molecule has 7 nitrogen and oxygen atoms in total. The molecule has 2 aromatic heterocycles. The first-order valence-electron chi connectivity index (χ1n) is 15.4. The van der Waals surface area contributed by atoms with E-state index in [2.05, 4.69) is 15.5 Å². The van der Waals surface area contributed by atoms with Crippen molar-refractivity contribution in [3.05, 3.63) is 99.0 Å². The maximum Gasteiger partial charge on any atom is 0.233 e. The number of carbonyl (C=O) groups is 1. The lowest BCUT2D eigenvalue weighted by atomic mass is 10.1. The van der Waals surface area contributed by atoms with Gasteiger partial charge in [-0.2, -0.15) is 0 Å². The maximum absolute atomic E-state index is 13.5. The molecule has 0 spiro atoms. The Kier molecular flexibility index (Phi) is 26.0. The van der Waals surface area contributed by atoms with E-state index in [1.54, 1.807) is 6.20 Å². The summed E-state index contributed by atoms with van der Waals surface area (Å²) in [7, 11) is 0. The minimum atomic E-state index is -0.222. The molecule has 0 radical (unpaired) electrons. The van der Waals surface area contributed by atoms with Crippen LogP contribution < -0.4 is 15.5 Å². The Balaban J connectivity index is 0. The number of amides is 1. The second-order valence-corrected chi connectivity index (χ2v) is 8.81. The van der Waals surface area contributed by atoms with Crippen molar-refractivity contribution in [1.29, 1.82) is 0 Å². The summed E-state index contributed by atoms with van der Waals surface area (Å²) in [5.74, 6) is 0.276. The Labute approximate surface area is 264 Å². The molecule has 0 saturated heterocycles. The van der Waals surface area contributed by atoms with Crippen LogP contribution in [0.15, 0.2) is 77.3 Å². The number of ether oxygens (including phenoxy) is 1. The molecule has 238 valence electrons. The summed E-state index contributed by atoms with van der Waals surface area (Å²) in [6.07, 6.45) is 13.1. The third kappa shape index (κ3) is 14.8. The number of carbonyl (C=O) groups excluding carboxylic acids is 1. The summed E-state index contributed by atoms with van der Waals surface area (Å²) in [6, 6.07) is 9.70. The number of allylic oxidation sites excluding steroid dienone is 6. The molecule has 0 saturated carbocycles. The first-order valence-corrected chi connectivity index (χ1v) is 16.2. The topological polar surface area (TPSA) is 86.1 Å². The Morgan fingerprint density at radius 3 is 2.21 bits per heavy atom. The van der Waals surface area contributed by atoms with Crippen molar-refractivity contribution in [2.45, 2.75) is 95.7 Å². The van der Waals surface area contributed by atoms with Crippen LogP contribution in [0.4, 0.5) is 0 Å². The van der Waals surface area contributed by atoms with Gasteiger partial charge in [0.15, 0.2) is 10.8 Å². The van der Waals surface area contributed by atoms with Gasteiger partial charge in [-0.15, -0.1) is 10.2 Å². The summed E-state index contributed by atoms with van der Waals surface area (Å²) in [4.78, 5) is 24.2. The van der Waals surface area contributed by atoms with E-state index in [-0.39, 0.29) is 17.8 Å². The van der Waals surface area contributed by atoms with E-state index in [9.17, 15) is 9.59 Å². The fraction of sp³-hybridized carbons (Fsp3) is 0.429. The van der Waals surface area contributed by atoms with E-state index < -0.39 is 0 Å². The Morgan fingerprint density at radius 2 is 1.63 bits per heavy atom. The highest BCUT2D eigenvalue weighted by Gasteiger charge is 2.19. The van der Waals surface area contributed by atoms with Crippen molar-refractivity contribution >= 4 is 17.7 Å². The summed E-state index contributed by atoms with van der Waals surface area (Å²) < 4.78 is 7.92. The Hall–Kier alpha value is -3.78. The molecule has 0 atom stereocenters. The summed E-state index contributed by atoms with van der Waals surface area (Å²) in [5.41, 5.74) is 2.98. The minimum Gasteiger partial charge on any atom is -0.483 e. The zero-order chi connectivity index (χ0) is 33.0. The van der Waals surface area contributed by atoms with Gasteiger partial charge in [0.2, 0.25) is 11.8 Å². The molecular weight excluding hydrogens is 556 g/mol. The Bertz CT molecular complexity index is 1280. The minimum absolute atomic E-state index is 0.222. The van der Waals surface area contributed by atoms with E-state index in [4.69, 9.17) is 4.74 Å². The van der Waals surface area contributed by atoms with Gasteiger partial charge in [0.1, 0.15) is 11.6 Å². The van der Waals surface area contributed by atoms with Gasteiger partial charge in [-0.25, -0.2) is 0 Å². The summed E-state index contributed by atoms with van der Waals surface area (Å²) in [6.45, 7) is 23.0. The van der Waals surface area contributed by atoms with Gasteiger partial charge < -0.3 is 14.6 Å². The van der Waals surface area contributed by atoms with Crippen LogP contribution in [0, 0.1) is 6.92 Å². The fourth-order valence-electron chi connectivity index (χ4n) is 3.41. The first-order chi connectivity index (χ1) is 21.1. The first kappa shape index (κ1) is 41.4. The largest absolute Gasteiger partial charge is 0.483 e. The van der Waals surface area contributed by atoms with Crippen LogP contribution in [0.25, 0.3) is 10.6 Å². The van der Waals surface area contributed by atoms with Gasteiger partial charge in [0.05, 0.1) is 11.3 Å². The molecule has 0 aliphatic heterocycles. The van der Waals surface area contributed by atoms with E-state index in [0.717, 1.165) is 16.1 Å². The van der Waals surface area contributed by atoms with Gasteiger partial charge in [-0.3, -0.25) is 9.59 Å². The highest BCUT2D eigenvalue weighted by Crippen LogP contribution is 2.26. The van der Waals surface area contributed by atoms with Gasteiger partial charge in [0, 0.05) is 25.7 Å². The van der Waals surface area contributed by atoms with E-state index in [1.165, 1.54) is 11.3 Å². The van der Waals surface area contributed by atoms with Crippen molar-refractivity contribution in [3.8, 4) is 16.3 Å². The second-order valence-electron chi connectivity index (χ2n) is 7.75. The molecule has 3 aromatic rings. The average Bonchev–Trinajstić information content (AvgIpc) is 3.54. The number of hydrogen-bond acceptors (Lipinski definition) is 6. The number of rotatable bonds is 12. The molecule has 43 heavy (non-hydrogen) atoms. The quantitative estimate of drug-likeness (QED) is 0.126. The number of benzene rings is 1. The predicted octanol–water partition coefficient (Wildman–Crippen LogP) is 8.73. The van der Waals surface area contributed by atoms with Crippen molar-refractivity contribution < 1.29 is 9.53 Å². The van der Waals surface area contributed by atoms with E-state index >= 15 is 0 Å².